The van der Waals surface area contributed by atoms with Gasteiger partial charge in [0.15, 0.2) is 0 Å². The number of amides is 5. The van der Waals surface area contributed by atoms with Crippen molar-refractivity contribution >= 4 is 29.4 Å². The molecule has 1 heterocycles. The van der Waals surface area contributed by atoms with Gasteiger partial charge in [0.2, 0.25) is 11.8 Å². The van der Waals surface area contributed by atoms with Gasteiger partial charge in [0, 0.05) is 11.3 Å². The highest BCUT2D eigenvalue weighted by atomic mass is 19.1. The summed E-state index contributed by atoms with van der Waals surface area (Å²) in [5.41, 5.74) is -0.676. The molecule has 1 saturated heterocycles. The number of nitrogens with one attached hydrogen (secondary N) is 3. The van der Waals surface area contributed by atoms with Crippen molar-refractivity contribution in [2.24, 2.45) is 0 Å². The third-order valence-corrected chi connectivity index (χ3v) is 5.16. The lowest BCUT2D eigenvalue weighted by atomic mass is 9.91. The fraction of sp³-hybridized carbons (Fsp3) is 0.273. The number of benzene rings is 2. The van der Waals surface area contributed by atoms with Crippen LogP contribution in [0.4, 0.5) is 19.3 Å². The SMILES string of the molecule is CCc1ccccc1NC(=O)CNC(=O)CN1C(=O)NC(C)(c2cc(F)ccc2F)C1=O. The summed E-state index contributed by atoms with van der Waals surface area (Å²) < 4.78 is 27.8. The fourth-order valence-corrected chi connectivity index (χ4v) is 3.43. The summed E-state index contributed by atoms with van der Waals surface area (Å²) in [6, 6.07) is 8.83. The van der Waals surface area contributed by atoms with Crippen LogP contribution >= 0.6 is 0 Å². The largest absolute Gasteiger partial charge is 0.345 e. The molecule has 10 heteroatoms. The summed E-state index contributed by atoms with van der Waals surface area (Å²) in [7, 11) is 0. The molecule has 8 nitrogen and oxygen atoms in total. The van der Waals surface area contributed by atoms with E-state index in [2.05, 4.69) is 16.0 Å². The van der Waals surface area contributed by atoms with Gasteiger partial charge in [-0.05, 0) is 43.2 Å². The maximum atomic E-state index is 14.2. The predicted octanol–water partition coefficient (Wildman–Crippen LogP) is 2.05. The summed E-state index contributed by atoms with van der Waals surface area (Å²) >= 11 is 0. The van der Waals surface area contributed by atoms with Gasteiger partial charge >= 0.3 is 6.03 Å². The zero-order valence-corrected chi connectivity index (χ0v) is 17.5. The van der Waals surface area contributed by atoms with Crippen LogP contribution in [-0.4, -0.2) is 41.7 Å². The topological polar surface area (TPSA) is 108 Å². The van der Waals surface area contributed by atoms with Crippen LogP contribution in [0.2, 0.25) is 0 Å². The van der Waals surface area contributed by atoms with Gasteiger partial charge in [-0.15, -0.1) is 0 Å². The molecule has 3 rings (SSSR count). The van der Waals surface area contributed by atoms with Crippen molar-refractivity contribution < 1.29 is 28.0 Å². The summed E-state index contributed by atoms with van der Waals surface area (Å²) in [4.78, 5) is 50.0. The second-order valence-corrected chi connectivity index (χ2v) is 7.41. The maximum absolute atomic E-state index is 14.2. The monoisotopic (exact) mass is 444 g/mol. The van der Waals surface area contributed by atoms with Crippen molar-refractivity contribution in [1.82, 2.24) is 15.5 Å². The maximum Gasteiger partial charge on any atom is 0.325 e. The highest BCUT2D eigenvalue weighted by molar-refractivity contribution is 6.09. The number of nitrogens with zero attached hydrogens (tertiary/aromatic N) is 1. The zero-order valence-electron chi connectivity index (χ0n) is 17.5. The molecule has 0 saturated carbocycles. The Morgan fingerprint density at radius 1 is 1.09 bits per heavy atom. The molecule has 3 N–H and O–H groups in total. The number of carbonyl (C=O) groups excluding carboxylic acids is 4. The van der Waals surface area contributed by atoms with E-state index in [1.54, 1.807) is 12.1 Å². The van der Waals surface area contributed by atoms with Crippen LogP contribution in [0.25, 0.3) is 0 Å². The van der Waals surface area contributed by atoms with Gasteiger partial charge in [-0.3, -0.25) is 19.3 Å². The van der Waals surface area contributed by atoms with Crippen LogP contribution in [0.1, 0.15) is 25.0 Å². The molecule has 0 aromatic heterocycles. The molecule has 2 aromatic rings. The first kappa shape index (κ1) is 22.9. The van der Waals surface area contributed by atoms with Crippen LogP contribution in [0.5, 0.6) is 0 Å². The average Bonchev–Trinajstić information content (AvgIpc) is 2.98. The number of carbonyl (C=O) groups is 4. The highest BCUT2D eigenvalue weighted by Gasteiger charge is 2.50. The Hall–Kier alpha value is -3.82. The molecule has 1 aliphatic rings. The van der Waals surface area contributed by atoms with Gasteiger partial charge in [-0.1, -0.05) is 25.1 Å². The number of rotatable bonds is 7. The Labute approximate surface area is 183 Å². The molecule has 1 unspecified atom stereocenters. The molecule has 0 bridgehead atoms. The zero-order chi connectivity index (χ0) is 23.5. The lowest BCUT2D eigenvalue weighted by Crippen LogP contribution is -2.44. The Kier molecular flexibility index (Phi) is 6.52. The molecule has 1 fully saturated rings. The number of halogens is 2. The lowest BCUT2D eigenvalue weighted by molar-refractivity contribution is -0.135. The summed E-state index contributed by atoms with van der Waals surface area (Å²) in [5, 5.41) is 7.32. The highest BCUT2D eigenvalue weighted by Crippen LogP contribution is 2.31. The van der Waals surface area contributed by atoms with E-state index in [0.29, 0.717) is 17.0 Å². The van der Waals surface area contributed by atoms with Gasteiger partial charge in [0.05, 0.1) is 6.54 Å². The molecule has 0 aliphatic carbocycles. The second-order valence-electron chi connectivity index (χ2n) is 7.41. The Balaban J connectivity index is 1.61. The Morgan fingerprint density at radius 3 is 2.53 bits per heavy atom. The van der Waals surface area contributed by atoms with Gasteiger partial charge in [0.25, 0.3) is 5.91 Å². The Morgan fingerprint density at radius 2 is 1.81 bits per heavy atom. The summed E-state index contributed by atoms with van der Waals surface area (Å²) in [6.07, 6.45) is 0.708. The minimum atomic E-state index is -1.87. The van der Waals surface area contributed by atoms with Crippen molar-refractivity contribution in [3.8, 4) is 0 Å². The minimum absolute atomic E-state index is 0.354. The van der Waals surface area contributed by atoms with Crippen molar-refractivity contribution in [1.29, 1.82) is 0 Å². The van der Waals surface area contributed by atoms with E-state index in [-0.39, 0.29) is 12.1 Å². The average molecular weight is 444 g/mol. The number of hydrogen-bond acceptors (Lipinski definition) is 4. The van der Waals surface area contributed by atoms with E-state index in [0.717, 1.165) is 23.8 Å². The van der Waals surface area contributed by atoms with Crippen molar-refractivity contribution in [3.63, 3.8) is 0 Å². The molecular formula is C22H22F2N4O4. The molecule has 1 atom stereocenters. The van der Waals surface area contributed by atoms with Crippen molar-refractivity contribution in [2.45, 2.75) is 25.8 Å². The standard InChI is InChI=1S/C22H22F2N4O4/c1-3-13-6-4-5-7-17(13)26-18(29)11-25-19(30)12-28-20(31)22(2,27-21(28)32)15-10-14(23)8-9-16(15)24/h4-10H,3,11-12H2,1-2H3,(H,25,30)(H,26,29)(H,27,32). The van der Waals surface area contributed by atoms with E-state index in [4.69, 9.17) is 0 Å². The molecule has 0 radical (unpaired) electrons. The number of aryl methyl sites for hydroxylation is 1. The second kappa shape index (κ2) is 9.13. The quantitative estimate of drug-likeness (QED) is 0.568. The van der Waals surface area contributed by atoms with Crippen LogP contribution < -0.4 is 16.0 Å². The van der Waals surface area contributed by atoms with Crippen LogP contribution in [0.3, 0.4) is 0 Å². The van der Waals surface area contributed by atoms with E-state index in [9.17, 15) is 28.0 Å². The number of urea groups is 1. The molecule has 5 amide bonds. The molecule has 1 aliphatic heterocycles. The van der Waals surface area contributed by atoms with Crippen LogP contribution in [-0.2, 0) is 26.3 Å². The number of hydrogen-bond donors (Lipinski definition) is 3. The van der Waals surface area contributed by atoms with E-state index in [1.165, 1.54) is 6.92 Å². The summed E-state index contributed by atoms with van der Waals surface area (Å²) in [5.74, 6) is -3.82. The first-order valence-corrected chi connectivity index (χ1v) is 9.89. The molecular weight excluding hydrogens is 422 g/mol. The number of anilines is 1. The molecule has 0 spiro atoms. The van der Waals surface area contributed by atoms with Gasteiger partial charge in [-0.2, -0.15) is 0 Å². The number of imide groups is 1. The normalized spacial score (nSPS) is 17.8. The van der Waals surface area contributed by atoms with Crippen molar-refractivity contribution in [3.05, 3.63) is 65.2 Å². The molecule has 168 valence electrons. The smallest absolute Gasteiger partial charge is 0.325 e. The van der Waals surface area contributed by atoms with Gasteiger partial charge in [0.1, 0.15) is 23.7 Å². The van der Waals surface area contributed by atoms with E-state index >= 15 is 0 Å². The predicted molar refractivity (Wildman–Crippen MR) is 111 cm³/mol. The molecule has 32 heavy (non-hydrogen) atoms. The van der Waals surface area contributed by atoms with Crippen LogP contribution in [0.15, 0.2) is 42.5 Å². The van der Waals surface area contributed by atoms with Crippen LogP contribution in [0, 0.1) is 11.6 Å². The molecule has 2 aromatic carbocycles. The Bertz CT molecular complexity index is 1090. The lowest BCUT2D eigenvalue weighted by Gasteiger charge is -2.22. The third kappa shape index (κ3) is 4.58. The minimum Gasteiger partial charge on any atom is -0.345 e. The van der Waals surface area contributed by atoms with Crippen molar-refractivity contribution in [2.75, 3.05) is 18.4 Å². The first-order chi connectivity index (χ1) is 15.2. The van der Waals surface area contributed by atoms with Gasteiger partial charge < -0.3 is 16.0 Å². The van der Waals surface area contributed by atoms with E-state index < -0.39 is 47.5 Å². The fourth-order valence-electron chi connectivity index (χ4n) is 3.43. The third-order valence-electron chi connectivity index (χ3n) is 5.16. The number of para-hydroxylation sites is 1. The first-order valence-electron chi connectivity index (χ1n) is 9.89. The van der Waals surface area contributed by atoms with Gasteiger partial charge in [-0.25, -0.2) is 13.6 Å². The summed E-state index contributed by atoms with van der Waals surface area (Å²) in [6.45, 7) is 2.10. The van der Waals surface area contributed by atoms with E-state index in [1.807, 2.05) is 19.1 Å².